The highest BCUT2D eigenvalue weighted by molar-refractivity contribution is 5.78. The normalized spacial score (nSPS) is 19.2. The second kappa shape index (κ2) is 5.80. The minimum absolute atomic E-state index is 0.105. The summed E-state index contributed by atoms with van der Waals surface area (Å²) in [5.74, 6) is 0.105. The zero-order chi connectivity index (χ0) is 13.1. The van der Waals surface area contributed by atoms with Gasteiger partial charge in [-0.2, -0.15) is 0 Å². The van der Waals surface area contributed by atoms with Gasteiger partial charge in [0.2, 0.25) is 5.91 Å². The number of rotatable bonds is 7. The summed E-state index contributed by atoms with van der Waals surface area (Å²) in [5.41, 5.74) is -0.804. The van der Waals surface area contributed by atoms with Crippen LogP contribution >= 0.6 is 0 Å². The first kappa shape index (κ1) is 14.4. The Morgan fingerprint density at radius 3 is 2.47 bits per heavy atom. The number of carbonyl (C=O) groups is 1. The fraction of sp³-hybridized carbons (Fsp3) is 0.917. The van der Waals surface area contributed by atoms with E-state index in [9.17, 15) is 9.90 Å². The molecule has 0 aromatic heterocycles. The third-order valence-corrected chi connectivity index (χ3v) is 2.93. The number of nitrogens with zero attached hydrogens (tertiary/aromatic N) is 2. The van der Waals surface area contributed by atoms with Gasteiger partial charge in [0, 0.05) is 26.2 Å². The average molecular weight is 243 g/mol. The maximum atomic E-state index is 11.7. The van der Waals surface area contributed by atoms with Crippen LogP contribution in [0.5, 0.6) is 0 Å². The first-order valence-corrected chi connectivity index (χ1v) is 6.15. The first-order valence-electron chi connectivity index (χ1n) is 6.15. The molecule has 1 unspecified atom stereocenters. The number of nitrogens with one attached hydrogen (secondary N) is 1. The van der Waals surface area contributed by atoms with E-state index in [0.29, 0.717) is 25.7 Å². The Labute approximate surface area is 104 Å². The van der Waals surface area contributed by atoms with E-state index in [4.69, 9.17) is 0 Å². The third-order valence-electron chi connectivity index (χ3n) is 2.93. The van der Waals surface area contributed by atoms with E-state index in [0.717, 1.165) is 12.8 Å². The van der Waals surface area contributed by atoms with Gasteiger partial charge in [0.1, 0.15) is 0 Å². The highest BCUT2D eigenvalue weighted by Gasteiger charge is 2.29. The average Bonchev–Trinajstić information content (AvgIpc) is 2.96. The molecular weight excluding hydrogens is 218 g/mol. The van der Waals surface area contributed by atoms with Gasteiger partial charge in [0.15, 0.2) is 0 Å². The molecule has 1 fully saturated rings. The summed E-state index contributed by atoms with van der Waals surface area (Å²) in [4.78, 5) is 15.4. The van der Waals surface area contributed by atoms with Gasteiger partial charge in [-0.05, 0) is 33.9 Å². The van der Waals surface area contributed by atoms with Crippen LogP contribution in [0.15, 0.2) is 0 Å². The summed E-state index contributed by atoms with van der Waals surface area (Å²) in [6, 6.07) is 0.451. The molecule has 2 N–H and O–H groups in total. The molecule has 1 atom stereocenters. The Balaban J connectivity index is 2.19. The smallest absolute Gasteiger partial charge is 0.236 e. The van der Waals surface area contributed by atoms with Crippen LogP contribution in [-0.4, -0.2) is 73.2 Å². The molecule has 5 nitrogen and oxygen atoms in total. The minimum Gasteiger partial charge on any atom is -0.388 e. The molecule has 1 aliphatic rings. The first-order chi connectivity index (χ1) is 7.82. The Morgan fingerprint density at radius 2 is 2.00 bits per heavy atom. The van der Waals surface area contributed by atoms with Crippen molar-refractivity contribution >= 4 is 5.91 Å². The zero-order valence-electron chi connectivity index (χ0n) is 11.4. The van der Waals surface area contributed by atoms with Gasteiger partial charge in [0.05, 0.1) is 12.1 Å². The molecule has 0 heterocycles. The van der Waals surface area contributed by atoms with Crippen molar-refractivity contribution in [2.45, 2.75) is 31.4 Å². The van der Waals surface area contributed by atoms with Crippen LogP contribution in [0.2, 0.25) is 0 Å². The molecule has 0 saturated heterocycles. The zero-order valence-corrected chi connectivity index (χ0v) is 11.4. The molecule has 0 spiro atoms. The van der Waals surface area contributed by atoms with E-state index >= 15 is 0 Å². The number of hydrogen-bond acceptors (Lipinski definition) is 4. The van der Waals surface area contributed by atoms with Crippen molar-refractivity contribution in [1.29, 1.82) is 0 Å². The Kier molecular flexibility index (Phi) is 4.91. The largest absolute Gasteiger partial charge is 0.388 e. The van der Waals surface area contributed by atoms with Gasteiger partial charge in [-0.25, -0.2) is 0 Å². The fourth-order valence-corrected chi connectivity index (χ4v) is 1.97. The van der Waals surface area contributed by atoms with Gasteiger partial charge in [0.25, 0.3) is 0 Å². The lowest BCUT2D eigenvalue weighted by molar-refractivity contribution is -0.129. The van der Waals surface area contributed by atoms with Gasteiger partial charge in [-0.1, -0.05) is 0 Å². The molecular formula is C12H25N3O2. The van der Waals surface area contributed by atoms with Gasteiger partial charge < -0.3 is 20.2 Å². The van der Waals surface area contributed by atoms with Crippen LogP contribution in [0, 0.1) is 0 Å². The molecule has 100 valence electrons. The summed E-state index contributed by atoms with van der Waals surface area (Å²) < 4.78 is 0. The molecule has 0 aromatic rings. The lowest BCUT2D eigenvalue weighted by atomic mass is 10.1. The lowest BCUT2D eigenvalue weighted by Gasteiger charge is -2.27. The van der Waals surface area contributed by atoms with Crippen LogP contribution < -0.4 is 5.32 Å². The predicted octanol–water partition coefficient (Wildman–Crippen LogP) is -0.491. The predicted molar refractivity (Wildman–Crippen MR) is 67.8 cm³/mol. The van der Waals surface area contributed by atoms with Crippen molar-refractivity contribution in [3.05, 3.63) is 0 Å². The number of carbonyl (C=O) groups excluding carboxylic acids is 1. The number of aliphatic hydroxyl groups is 1. The fourth-order valence-electron chi connectivity index (χ4n) is 1.97. The molecule has 0 aromatic carbocycles. The molecule has 1 rings (SSSR count). The number of likely N-dealkylation sites (N-methyl/N-ethyl adjacent to an activating group) is 2. The second-order valence-corrected chi connectivity index (χ2v) is 5.57. The van der Waals surface area contributed by atoms with Gasteiger partial charge in [-0.15, -0.1) is 0 Å². The topological polar surface area (TPSA) is 55.8 Å². The van der Waals surface area contributed by atoms with Crippen LogP contribution in [0.3, 0.4) is 0 Å². The summed E-state index contributed by atoms with van der Waals surface area (Å²) in [6.45, 7) is 3.08. The summed E-state index contributed by atoms with van der Waals surface area (Å²) >= 11 is 0. The molecule has 1 aliphatic carbocycles. The number of amides is 1. The van der Waals surface area contributed by atoms with E-state index in [1.54, 1.807) is 11.8 Å². The molecule has 5 heteroatoms. The summed E-state index contributed by atoms with van der Waals surface area (Å²) in [5, 5.41) is 13.1. The van der Waals surface area contributed by atoms with Gasteiger partial charge in [-0.3, -0.25) is 4.79 Å². The summed E-state index contributed by atoms with van der Waals surface area (Å²) in [6.07, 6.45) is 2.25. The standard InChI is InChI=1S/C12H25N3O2/c1-12(17,9-14(2)3)8-13-7-11(16)15(4)10-5-6-10/h10,13,17H,5-9H2,1-4H3. The molecule has 0 bridgehead atoms. The van der Waals surface area contributed by atoms with Crippen molar-refractivity contribution in [3.8, 4) is 0 Å². The monoisotopic (exact) mass is 243 g/mol. The Hall–Kier alpha value is -0.650. The molecule has 0 radical (unpaired) electrons. The lowest BCUT2D eigenvalue weighted by Crippen LogP contribution is -2.48. The van der Waals surface area contributed by atoms with Crippen molar-refractivity contribution in [2.24, 2.45) is 0 Å². The van der Waals surface area contributed by atoms with E-state index in [1.165, 1.54) is 0 Å². The number of hydrogen-bond donors (Lipinski definition) is 2. The van der Waals surface area contributed by atoms with Gasteiger partial charge >= 0.3 is 0 Å². The van der Waals surface area contributed by atoms with Crippen molar-refractivity contribution in [3.63, 3.8) is 0 Å². The third kappa shape index (κ3) is 5.48. The van der Waals surface area contributed by atoms with E-state index < -0.39 is 5.60 Å². The van der Waals surface area contributed by atoms with Crippen LogP contribution in [0.25, 0.3) is 0 Å². The van der Waals surface area contributed by atoms with Crippen LogP contribution in [0.4, 0.5) is 0 Å². The minimum atomic E-state index is -0.804. The van der Waals surface area contributed by atoms with Crippen molar-refractivity contribution in [1.82, 2.24) is 15.1 Å². The van der Waals surface area contributed by atoms with Crippen molar-refractivity contribution < 1.29 is 9.90 Å². The molecule has 1 amide bonds. The SMILES string of the molecule is CN(C)CC(C)(O)CNCC(=O)N(C)C1CC1. The molecule has 17 heavy (non-hydrogen) atoms. The highest BCUT2D eigenvalue weighted by atomic mass is 16.3. The second-order valence-electron chi connectivity index (χ2n) is 5.57. The maximum Gasteiger partial charge on any atom is 0.236 e. The molecule has 0 aliphatic heterocycles. The van der Waals surface area contributed by atoms with Crippen LogP contribution in [-0.2, 0) is 4.79 Å². The molecule has 1 saturated carbocycles. The van der Waals surface area contributed by atoms with E-state index in [2.05, 4.69) is 5.32 Å². The highest BCUT2D eigenvalue weighted by Crippen LogP contribution is 2.25. The van der Waals surface area contributed by atoms with E-state index in [1.807, 2.05) is 26.0 Å². The maximum absolute atomic E-state index is 11.7. The van der Waals surface area contributed by atoms with E-state index in [-0.39, 0.29) is 5.91 Å². The van der Waals surface area contributed by atoms with Crippen LogP contribution in [0.1, 0.15) is 19.8 Å². The Morgan fingerprint density at radius 1 is 1.41 bits per heavy atom. The van der Waals surface area contributed by atoms with Crippen molar-refractivity contribution in [2.75, 3.05) is 40.8 Å². The summed E-state index contributed by atoms with van der Waals surface area (Å²) in [7, 11) is 5.68. The Bertz CT molecular complexity index is 262. The quantitative estimate of drug-likeness (QED) is 0.633.